The van der Waals surface area contributed by atoms with E-state index in [1.807, 2.05) is 6.07 Å². The predicted octanol–water partition coefficient (Wildman–Crippen LogP) is 2.12. The lowest BCUT2D eigenvalue weighted by Gasteiger charge is -2.24. The number of carboxylic acid groups (broad SMARTS) is 1. The van der Waals surface area contributed by atoms with Crippen molar-refractivity contribution < 1.29 is 19.4 Å². The van der Waals surface area contributed by atoms with Crippen molar-refractivity contribution in [1.82, 2.24) is 9.88 Å². The molecule has 6 nitrogen and oxygen atoms in total. The van der Waals surface area contributed by atoms with Crippen molar-refractivity contribution in [2.24, 2.45) is 5.92 Å². The summed E-state index contributed by atoms with van der Waals surface area (Å²) in [5, 5.41) is 9.37. The fourth-order valence-electron chi connectivity index (χ4n) is 2.42. The standard InChI is InChI=1S/C15H20N2O4/c1-15(2,3)21-14(20)17-8-10(11(9-17)13(18)19)12-6-4-5-7-16-12/h4-7,10-11H,8-9H2,1-3H3,(H,18,19)/t10-,11+/m1/s1. The Bertz CT molecular complexity index is 524. The Morgan fingerprint density at radius 1 is 1.33 bits per heavy atom. The molecule has 1 amide bonds. The summed E-state index contributed by atoms with van der Waals surface area (Å²) in [5.74, 6) is -1.89. The summed E-state index contributed by atoms with van der Waals surface area (Å²) in [6, 6.07) is 5.39. The van der Waals surface area contributed by atoms with Gasteiger partial charge in [-0.15, -0.1) is 0 Å². The van der Waals surface area contributed by atoms with Crippen LogP contribution in [0.5, 0.6) is 0 Å². The predicted molar refractivity (Wildman–Crippen MR) is 75.9 cm³/mol. The molecule has 0 aromatic carbocycles. The van der Waals surface area contributed by atoms with Gasteiger partial charge in [0, 0.05) is 30.9 Å². The zero-order valence-corrected chi connectivity index (χ0v) is 12.4. The lowest BCUT2D eigenvalue weighted by Crippen LogP contribution is -2.35. The van der Waals surface area contributed by atoms with E-state index in [-0.39, 0.29) is 12.5 Å². The van der Waals surface area contributed by atoms with Gasteiger partial charge in [-0.2, -0.15) is 0 Å². The van der Waals surface area contributed by atoms with Gasteiger partial charge in [-0.3, -0.25) is 9.78 Å². The average molecular weight is 292 g/mol. The van der Waals surface area contributed by atoms with Crippen molar-refractivity contribution in [3.8, 4) is 0 Å². The van der Waals surface area contributed by atoms with Crippen LogP contribution in [0.1, 0.15) is 32.4 Å². The van der Waals surface area contributed by atoms with Gasteiger partial charge in [-0.05, 0) is 32.9 Å². The summed E-state index contributed by atoms with van der Waals surface area (Å²) >= 11 is 0. The maximum atomic E-state index is 12.1. The molecule has 1 N–H and O–H groups in total. The minimum atomic E-state index is -0.920. The molecule has 2 heterocycles. The normalized spacial score (nSPS) is 22.1. The number of ether oxygens (including phenoxy) is 1. The van der Waals surface area contributed by atoms with Crippen LogP contribution in [0.2, 0.25) is 0 Å². The molecular weight excluding hydrogens is 272 g/mol. The number of likely N-dealkylation sites (tertiary alicyclic amines) is 1. The van der Waals surface area contributed by atoms with Crippen LogP contribution in [-0.2, 0) is 9.53 Å². The molecule has 1 saturated heterocycles. The average Bonchev–Trinajstić information content (AvgIpc) is 2.83. The number of carbonyl (C=O) groups excluding carboxylic acids is 1. The molecule has 21 heavy (non-hydrogen) atoms. The zero-order chi connectivity index (χ0) is 15.6. The first-order valence-corrected chi connectivity index (χ1v) is 6.89. The second-order valence-corrected chi connectivity index (χ2v) is 6.19. The number of nitrogens with zero attached hydrogens (tertiary/aromatic N) is 2. The van der Waals surface area contributed by atoms with E-state index in [4.69, 9.17) is 4.74 Å². The highest BCUT2D eigenvalue weighted by atomic mass is 16.6. The van der Waals surface area contributed by atoms with E-state index in [9.17, 15) is 14.7 Å². The maximum absolute atomic E-state index is 12.1. The lowest BCUT2D eigenvalue weighted by atomic mass is 9.93. The summed E-state index contributed by atoms with van der Waals surface area (Å²) < 4.78 is 5.31. The quantitative estimate of drug-likeness (QED) is 0.903. The van der Waals surface area contributed by atoms with Gasteiger partial charge >= 0.3 is 12.1 Å². The number of pyridine rings is 1. The molecule has 0 saturated carbocycles. The third-order valence-corrected chi connectivity index (χ3v) is 3.36. The summed E-state index contributed by atoms with van der Waals surface area (Å²) in [5.41, 5.74) is 0.0924. The topological polar surface area (TPSA) is 79.7 Å². The Balaban J connectivity index is 2.16. The van der Waals surface area contributed by atoms with Gasteiger partial charge < -0.3 is 14.7 Å². The van der Waals surface area contributed by atoms with E-state index >= 15 is 0 Å². The van der Waals surface area contributed by atoms with Crippen LogP contribution in [0.4, 0.5) is 4.79 Å². The smallest absolute Gasteiger partial charge is 0.410 e. The van der Waals surface area contributed by atoms with Crippen molar-refractivity contribution in [3.05, 3.63) is 30.1 Å². The maximum Gasteiger partial charge on any atom is 0.410 e. The molecule has 6 heteroatoms. The molecule has 1 fully saturated rings. The molecule has 0 aliphatic carbocycles. The summed E-state index contributed by atoms with van der Waals surface area (Å²) in [4.78, 5) is 29.2. The van der Waals surface area contributed by atoms with Crippen molar-refractivity contribution in [2.45, 2.75) is 32.3 Å². The summed E-state index contributed by atoms with van der Waals surface area (Å²) in [6.07, 6.45) is 1.15. The highest BCUT2D eigenvalue weighted by Crippen LogP contribution is 2.32. The van der Waals surface area contributed by atoms with Gasteiger partial charge in [-0.25, -0.2) is 4.79 Å². The number of amides is 1. The van der Waals surface area contributed by atoms with E-state index in [0.717, 1.165) is 0 Å². The Morgan fingerprint density at radius 2 is 2.05 bits per heavy atom. The van der Waals surface area contributed by atoms with Crippen LogP contribution in [0.3, 0.4) is 0 Å². The first-order valence-electron chi connectivity index (χ1n) is 6.89. The second kappa shape index (κ2) is 5.71. The van der Waals surface area contributed by atoms with E-state index in [0.29, 0.717) is 12.2 Å². The number of rotatable bonds is 2. The van der Waals surface area contributed by atoms with Crippen LogP contribution in [-0.4, -0.2) is 45.7 Å². The van der Waals surface area contributed by atoms with Gasteiger partial charge in [0.05, 0.1) is 5.92 Å². The Hall–Kier alpha value is -2.11. The van der Waals surface area contributed by atoms with Crippen molar-refractivity contribution >= 4 is 12.1 Å². The second-order valence-electron chi connectivity index (χ2n) is 6.19. The Labute approximate surface area is 123 Å². The first kappa shape index (κ1) is 15.3. The minimum absolute atomic E-state index is 0.144. The molecule has 2 rings (SSSR count). The van der Waals surface area contributed by atoms with Crippen LogP contribution in [0.15, 0.2) is 24.4 Å². The zero-order valence-electron chi connectivity index (χ0n) is 12.4. The van der Waals surface area contributed by atoms with Crippen LogP contribution in [0, 0.1) is 5.92 Å². The monoisotopic (exact) mass is 292 g/mol. The summed E-state index contributed by atoms with van der Waals surface area (Å²) in [6.45, 7) is 5.80. The lowest BCUT2D eigenvalue weighted by molar-refractivity contribution is -0.141. The van der Waals surface area contributed by atoms with Gasteiger partial charge in [-0.1, -0.05) is 6.07 Å². The Morgan fingerprint density at radius 3 is 2.57 bits per heavy atom. The summed E-state index contributed by atoms with van der Waals surface area (Å²) in [7, 11) is 0. The molecule has 114 valence electrons. The van der Waals surface area contributed by atoms with E-state index < -0.39 is 23.6 Å². The molecule has 1 aromatic rings. The molecule has 1 aliphatic rings. The fourth-order valence-corrected chi connectivity index (χ4v) is 2.42. The van der Waals surface area contributed by atoms with Gasteiger partial charge in [0.2, 0.25) is 0 Å². The number of aromatic nitrogens is 1. The van der Waals surface area contributed by atoms with Crippen molar-refractivity contribution in [2.75, 3.05) is 13.1 Å². The van der Waals surface area contributed by atoms with Gasteiger partial charge in [0.1, 0.15) is 5.60 Å². The van der Waals surface area contributed by atoms with Crippen molar-refractivity contribution in [1.29, 1.82) is 0 Å². The van der Waals surface area contributed by atoms with Crippen molar-refractivity contribution in [3.63, 3.8) is 0 Å². The third-order valence-electron chi connectivity index (χ3n) is 3.36. The van der Waals surface area contributed by atoms with Gasteiger partial charge in [0.25, 0.3) is 0 Å². The molecular formula is C15H20N2O4. The number of carbonyl (C=O) groups is 2. The van der Waals surface area contributed by atoms with E-state index in [1.165, 1.54) is 4.90 Å². The fraction of sp³-hybridized carbons (Fsp3) is 0.533. The molecule has 2 atom stereocenters. The minimum Gasteiger partial charge on any atom is -0.481 e. The first-order chi connectivity index (χ1) is 9.78. The molecule has 1 aliphatic heterocycles. The SMILES string of the molecule is CC(C)(C)OC(=O)N1C[C@H](C(=O)O)[C@H](c2ccccn2)C1. The number of hydrogen-bond acceptors (Lipinski definition) is 4. The molecule has 0 spiro atoms. The third kappa shape index (κ3) is 3.71. The van der Waals surface area contributed by atoms with Crippen LogP contribution in [0.25, 0.3) is 0 Å². The van der Waals surface area contributed by atoms with E-state index in [2.05, 4.69) is 4.98 Å². The highest BCUT2D eigenvalue weighted by Gasteiger charge is 2.42. The van der Waals surface area contributed by atoms with Crippen LogP contribution < -0.4 is 0 Å². The number of carboxylic acids is 1. The van der Waals surface area contributed by atoms with Gasteiger partial charge in [0.15, 0.2) is 0 Å². The molecule has 0 bridgehead atoms. The van der Waals surface area contributed by atoms with Crippen LogP contribution >= 0.6 is 0 Å². The van der Waals surface area contributed by atoms with E-state index in [1.54, 1.807) is 39.1 Å². The Kier molecular flexibility index (Phi) is 4.16. The highest BCUT2D eigenvalue weighted by molar-refractivity contribution is 5.75. The number of aliphatic carboxylic acids is 1. The largest absolute Gasteiger partial charge is 0.481 e. The molecule has 0 unspecified atom stereocenters. The molecule has 1 aromatic heterocycles. The number of hydrogen-bond donors (Lipinski definition) is 1. The molecule has 0 radical (unpaired) electrons.